The third kappa shape index (κ3) is 1.70. The Morgan fingerprint density at radius 1 is 1.31 bits per heavy atom. The van der Waals surface area contributed by atoms with Crippen molar-refractivity contribution in [3.8, 4) is 0 Å². The van der Waals surface area contributed by atoms with Gasteiger partial charge >= 0.3 is 0 Å². The number of benzene rings is 1. The summed E-state index contributed by atoms with van der Waals surface area (Å²) in [5, 5.41) is 3.12. The summed E-state index contributed by atoms with van der Waals surface area (Å²) in [7, 11) is 0. The molecule has 2 unspecified atom stereocenters. The smallest absolute Gasteiger partial charge is 0.226 e. The number of nitrogens with one attached hydrogen (secondary N) is 1. The van der Waals surface area contributed by atoms with Crippen LogP contribution in [0.4, 0.5) is 0 Å². The number of carbonyl (C=O) groups excluding carboxylic acids is 1. The fraction of sp³-hybridized carbons (Fsp3) is 0.300. The first-order chi connectivity index (χ1) is 6.27. The van der Waals surface area contributed by atoms with Crippen LogP contribution in [0.3, 0.4) is 0 Å². The molecule has 2 rings (SSSR count). The summed E-state index contributed by atoms with van der Waals surface area (Å²) in [6.45, 7) is 1.96. The molecule has 0 radical (unpaired) electrons. The van der Waals surface area contributed by atoms with Crippen LogP contribution in [0.5, 0.6) is 0 Å². The Morgan fingerprint density at radius 2 is 2.00 bits per heavy atom. The average Bonchev–Trinajstić information content (AvgIpc) is 2.19. The number of hydrogen-bond acceptors (Lipinski definition) is 2. The molecule has 13 heavy (non-hydrogen) atoms. The molecule has 1 saturated heterocycles. The molecule has 0 bridgehead atoms. The van der Waals surface area contributed by atoms with Gasteiger partial charge in [-0.15, -0.1) is 11.8 Å². The average molecular weight is 193 g/mol. The van der Waals surface area contributed by atoms with Crippen molar-refractivity contribution in [3.05, 3.63) is 30.3 Å². The largest absolute Gasteiger partial charge is 0.343 e. The lowest BCUT2D eigenvalue weighted by atomic mass is 10.1. The molecule has 1 N–H and O–H groups in total. The van der Waals surface area contributed by atoms with Crippen molar-refractivity contribution in [2.45, 2.75) is 17.2 Å². The van der Waals surface area contributed by atoms with Gasteiger partial charge in [-0.3, -0.25) is 4.79 Å². The summed E-state index contributed by atoms with van der Waals surface area (Å²) in [4.78, 5) is 12.1. The first-order valence-corrected chi connectivity index (χ1v) is 5.17. The highest BCUT2D eigenvalue weighted by Gasteiger charge is 2.35. The van der Waals surface area contributed by atoms with Gasteiger partial charge in [-0.1, -0.05) is 25.1 Å². The highest BCUT2D eigenvalue weighted by Crippen LogP contribution is 2.31. The van der Waals surface area contributed by atoms with E-state index in [9.17, 15) is 4.79 Å². The van der Waals surface area contributed by atoms with Gasteiger partial charge in [-0.25, -0.2) is 0 Å². The molecule has 0 aromatic heterocycles. The standard InChI is InChI=1S/C10H11NOS/c1-7-9(12)11-10(7)13-8-5-3-2-4-6-8/h2-7,10H,1H3,(H,11,12). The van der Waals surface area contributed by atoms with Crippen LogP contribution in [0.1, 0.15) is 6.92 Å². The third-order valence-electron chi connectivity index (χ3n) is 2.16. The van der Waals surface area contributed by atoms with Gasteiger partial charge in [0, 0.05) is 4.90 Å². The quantitative estimate of drug-likeness (QED) is 0.726. The zero-order valence-corrected chi connectivity index (χ0v) is 8.17. The minimum Gasteiger partial charge on any atom is -0.343 e. The van der Waals surface area contributed by atoms with E-state index in [1.54, 1.807) is 11.8 Å². The van der Waals surface area contributed by atoms with Crippen LogP contribution >= 0.6 is 11.8 Å². The van der Waals surface area contributed by atoms with Gasteiger partial charge in [0.2, 0.25) is 5.91 Å². The molecule has 1 fully saturated rings. The van der Waals surface area contributed by atoms with Crippen molar-refractivity contribution >= 4 is 17.7 Å². The lowest BCUT2D eigenvalue weighted by Gasteiger charge is -2.33. The lowest BCUT2D eigenvalue weighted by molar-refractivity contribution is -0.131. The van der Waals surface area contributed by atoms with E-state index in [2.05, 4.69) is 17.4 Å². The molecule has 1 aromatic rings. The molecule has 0 saturated carbocycles. The topological polar surface area (TPSA) is 29.1 Å². The van der Waals surface area contributed by atoms with Gasteiger partial charge in [0.1, 0.15) is 0 Å². The summed E-state index contributed by atoms with van der Waals surface area (Å²) in [5.41, 5.74) is 0. The molecule has 1 amide bonds. The van der Waals surface area contributed by atoms with Crippen molar-refractivity contribution in [2.24, 2.45) is 5.92 Å². The van der Waals surface area contributed by atoms with Crippen molar-refractivity contribution in [1.82, 2.24) is 5.32 Å². The Labute approximate surface area is 81.7 Å². The first kappa shape index (κ1) is 8.63. The summed E-state index contributed by atoms with van der Waals surface area (Å²) >= 11 is 1.71. The number of carbonyl (C=O) groups is 1. The second-order valence-electron chi connectivity index (χ2n) is 3.15. The van der Waals surface area contributed by atoms with Gasteiger partial charge in [0.25, 0.3) is 0 Å². The van der Waals surface area contributed by atoms with Gasteiger partial charge in [-0.05, 0) is 12.1 Å². The highest BCUT2D eigenvalue weighted by atomic mass is 32.2. The molecule has 68 valence electrons. The number of rotatable bonds is 2. The fourth-order valence-electron chi connectivity index (χ4n) is 1.22. The first-order valence-electron chi connectivity index (χ1n) is 4.29. The summed E-state index contributed by atoms with van der Waals surface area (Å²) in [6, 6.07) is 10.1. The SMILES string of the molecule is CC1C(=O)NC1Sc1ccccc1. The third-order valence-corrected chi connectivity index (χ3v) is 3.48. The molecular weight excluding hydrogens is 182 g/mol. The van der Waals surface area contributed by atoms with Crippen LogP contribution in [0, 0.1) is 5.92 Å². The minimum atomic E-state index is 0.144. The lowest BCUT2D eigenvalue weighted by Crippen LogP contribution is -2.54. The van der Waals surface area contributed by atoms with Crippen LogP contribution < -0.4 is 5.32 Å². The van der Waals surface area contributed by atoms with Crippen LogP contribution in [-0.2, 0) is 4.79 Å². The van der Waals surface area contributed by atoms with Crippen LogP contribution in [0.15, 0.2) is 35.2 Å². The Hall–Kier alpha value is -0.960. The van der Waals surface area contributed by atoms with Crippen molar-refractivity contribution in [3.63, 3.8) is 0 Å². The van der Waals surface area contributed by atoms with E-state index in [1.165, 1.54) is 4.90 Å². The van der Waals surface area contributed by atoms with E-state index >= 15 is 0 Å². The van der Waals surface area contributed by atoms with Crippen LogP contribution in [0.25, 0.3) is 0 Å². The minimum absolute atomic E-state index is 0.144. The fourth-order valence-corrected chi connectivity index (χ4v) is 2.33. The maximum atomic E-state index is 10.9. The van der Waals surface area contributed by atoms with E-state index in [-0.39, 0.29) is 17.2 Å². The number of hydrogen-bond donors (Lipinski definition) is 1. The Bertz CT molecular complexity index is 312. The highest BCUT2D eigenvalue weighted by molar-refractivity contribution is 8.00. The van der Waals surface area contributed by atoms with Crippen molar-refractivity contribution in [1.29, 1.82) is 0 Å². The number of amides is 1. The molecule has 2 atom stereocenters. The van der Waals surface area contributed by atoms with Gasteiger partial charge < -0.3 is 5.32 Å². The molecule has 1 aromatic carbocycles. The number of β-lactam (4-membered cyclic amide) rings is 1. The molecule has 1 aliphatic rings. The van der Waals surface area contributed by atoms with E-state index in [0.29, 0.717) is 0 Å². The molecule has 0 spiro atoms. The summed E-state index contributed by atoms with van der Waals surface area (Å²) in [6.07, 6.45) is 0. The van der Waals surface area contributed by atoms with Gasteiger partial charge in [-0.2, -0.15) is 0 Å². The number of thioether (sulfide) groups is 1. The van der Waals surface area contributed by atoms with Gasteiger partial charge in [0.15, 0.2) is 0 Å². The van der Waals surface area contributed by atoms with Crippen LogP contribution in [-0.4, -0.2) is 11.3 Å². The predicted molar refractivity (Wildman–Crippen MR) is 53.4 cm³/mol. The Balaban J connectivity index is 1.97. The van der Waals surface area contributed by atoms with E-state index in [1.807, 2.05) is 25.1 Å². The van der Waals surface area contributed by atoms with Crippen molar-refractivity contribution in [2.75, 3.05) is 0 Å². The van der Waals surface area contributed by atoms with Gasteiger partial charge in [0.05, 0.1) is 11.3 Å². The monoisotopic (exact) mass is 193 g/mol. The zero-order chi connectivity index (χ0) is 9.26. The molecule has 1 aliphatic heterocycles. The van der Waals surface area contributed by atoms with E-state index < -0.39 is 0 Å². The normalized spacial score (nSPS) is 26.4. The maximum Gasteiger partial charge on any atom is 0.226 e. The second-order valence-corrected chi connectivity index (χ2v) is 4.36. The maximum absolute atomic E-state index is 10.9. The van der Waals surface area contributed by atoms with Crippen molar-refractivity contribution < 1.29 is 4.79 Å². The molecule has 1 heterocycles. The Morgan fingerprint density at radius 3 is 2.54 bits per heavy atom. The summed E-state index contributed by atoms with van der Waals surface area (Å²) < 4.78 is 0. The second kappa shape index (κ2) is 3.42. The molecule has 3 heteroatoms. The molecular formula is C10H11NOS. The summed E-state index contributed by atoms with van der Waals surface area (Å²) in [5.74, 6) is 0.304. The zero-order valence-electron chi connectivity index (χ0n) is 7.36. The van der Waals surface area contributed by atoms with E-state index in [4.69, 9.17) is 0 Å². The predicted octanol–water partition coefficient (Wildman–Crippen LogP) is 1.87. The van der Waals surface area contributed by atoms with E-state index in [0.717, 1.165) is 0 Å². The molecule has 2 nitrogen and oxygen atoms in total. The molecule has 0 aliphatic carbocycles. The Kier molecular flexibility index (Phi) is 2.27. The van der Waals surface area contributed by atoms with Crippen LogP contribution in [0.2, 0.25) is 0 Å².